The highest BCUT2D eigenvalue weighted by molar-refractivity contribution is 7.91. The minimum Gasteiger partial charge on any atom is -0.354 e. The van der Waals surface area contributed by atoms with Gasteiger partial charge in [-0.1, -0.05) is 19.1 Å². The zero-order valence-corrected chi connectivity index (χ0v) is 20.6. The van der Waals surface area contributed by atoms with Gasteiger partial charge >= 0.3 is 6.18 Å². The highest BCUT2D eigenvalue weighted by Crippen LogP contribution is 2.38. The molecule has 0 bridgehead atoms. The predicted molar refractivity (Wildman–Crippen MR) is 130 cm³/mol. The number of nitrogens with zero attached hydrogens (tertiary/aromatic N) is 1. The lowest BCUT2D eigenvalue weighted by Gasteiger charge is -2.18. The van der Waals surface area contributed by atoms with E-state index in [-0.39, 0.29) is 27.8 Å². The molecule has 0 radical (unpaired) electrons. The number of para-hydroxylation sites is 1. The van der Waals surface area contributed by atoms with Crippen molar-refractivity contribution in [3.63, 3.8) is 0 Å². The van der Waals surface area contributed by atoms with E-state index in [1.165, 1.54) is 24.3 Å². The van der Waals surface area contributed by atoms with Crippen LogP contribution >= 0.6 is 7.14 Å². The number of sulfone groups is 1. The summed E-state index contributed by atoms with van der Waals surface area (Å²) in [4.78, 5) is 3.80. The maximum Gasteiger partial charge on any atom is 0.419 e. The predicted octanol–water partition coefficient (Wildman–Crippen LogP) is 6.02. The van der Waals surface area contributed by atoms with Crippen molar-refractivity contribution in [2.45, 2.75) is 24.4 Å². The van der Waals surface area contributed by atoms with Gasteiger partial charge in [-0.3, -0.25) is 0 Å². The molecule has 0 amide bonds. The molecule has 3 aromatic rings. The summed E-state index contributed by atoms with van der Waals surface area (Å²) in [6.07, 6.45) is -3.65. The van der Waals surface area contributed by atoms with Crippen molar-refractivity contribution in [1.82, 2.24) is 4.98 Å². The van der Waals surface area contributed by atoms with Crippen molar-refractivity contribution >= 4 is 45.2 Å². The number of benzene rings is 2. The van der Waals surface area contributed by atoms with Gasteiger partial charge in [-0.05, 0) is 56.1 Å². The summed E-state index contributed by atoms with van der Waals surface area (Å²) in [6, 6.07) is 13.7. The normalized spacial score (nSPS) is 12.4. The topological polar surface area (TPSA) is 88.2 Å². The molecule has 0 saturated carbocycles. The molecule has 0 aliphatic carbocycles. The zero-order valence-electron chi connectivity index (χ0n) is 18.8. The Kier molecular flexibility index (Phi) is 7.43. The monoisotopic (exact) mass is 511 g/mol. The second-order valence-electron chi connectivity index (χ2n) is 8.08. The highest BCUT2D eigenvalue weighted by Gasteiger charge is 2.34. The van der Waals surface area contributed by atoms with Gasteiger partial charge in [-0.2, -0.15) is 13.2 Å². The average Bonchev–Trinajstić information content (AvgIpc) is 2.73. The van der Waals surface area contributed by atoms with E-state index in [0.717, 1.165) is 0 Å². The van der Waals surface area contributed by atoms with Crippen LogP contribution in [0.1, 0.15) is 18.9 Å². The summed E-state index contributed by atoms with van der Waals surface area (Å²) < 4.78 is 78.5. The molecule has 34 heavy (non-hydrogen) atoms. The Bertz CT molecular complexity index is 1320. The largest absolute Gasteiger partial charge is 0.419 e. The van der Waals surface area contributed by atoms with Crippen LogP contribution in [0.4, 0.5) is 36.1 Å². The lowest BCUT2D eigenvalue weighted by atomic mass is 10.2. The molecular weight excluding hydrogens is 486 g/mol. The van der Waals surface area contributed by atoms with E-state index >= 15 is 0 Å². The first-order valence-corrected chi connectivity index (χ1v) is 14.7. The van der Waals surface area contributed by atoms with E-state index in [1.807, 2.05) is 0 Å². The quantitative estimate of drug-likeness (QED) is 0.360. The van der Waals surface area contributed by atoms with Crippen molar-refractivity contribution < 1.29 is 26.2 Å². The molecule has 2 aromatic carbocycles. The molecule has 1 aromatic heterocycles. The Labute approximate surface area is 196 Å². The standard InChI is InChI=1S/C23H25F3N3O3PS/c1-4-13-34(31,32)21-8-6-5-7-19(21)29-20-14-22(27-15-18(20)23(24,25)26)28-16-9-11-17(12-10-16)33(2,3)30/h5-12,14-15H,4,13H2,1-3H3,(H2,27,28,29). The van der Waals surface area contributed by atoms with Crippen LogP contribution in [0.25, 0.3) is 0 Å². The van der Waals surface area contributed by atoms with Crippen molar-refractivity contribution in [2.24, 2.45) is 0 Å². The van der Waals surface area contributed by atoms with E-state index in [4.69, 9.17) is 0 Å². The van der Waals surface area contributed by atoms with Crippen LogP contribution in [-0.2, 0) is 20.6 Å². The molecular formula is C23H25F3N3O3PS. The molecule has 0 aliphatic heterocycles. The van der Waals surface area contributed by atoms with E-state index in [1.54, 1.807) is 50.6 Å². The van der Waals surface area contributed by atoms with Crippen molar-refractivity contribution in [1.29, 1.82) is 0 Å². The molecule has 0 atom stereocenters. The van der Waals surface area contributed by atoms with E-state index < -0.39 is 28.7 Å². The average molecular weight is 512 g/mol. The minimum atomic E-state index is -4.71. The first-order chi connectivity index (χ1) is 15.8. The smallest absolute Gasteiger partial charge is 0.354 e. The van der Waals surface area contributed by atoms with Gasteiger partial charge in [0, 0.05) is 23.3 Å². The Morgan fingerprint density at radius 1 is 0.971 bits per heavy atom. The summed E-state index contributed by atoms with van der Waals surface area (Å²) in [6.45, 7) is 5.00. The molecule has 2 N–H and O–H groups in total. The second-order valence-corrected chi connectivity index (χ2v) is 13.4. The molecule has 3 rings (SSSR count). The fourth-order valence-corrected chi connectivity index (χ4v) is 5.63. The Hall–Kier alpha value is -2.84. The number of alkyl halides is 3. The fraction of sp³-hybridized carbons (Fsp3) is 0.261. The van der Waals surface area contributed by atoms with Crippen molar-refractivity contribution in [2.75, 3.05) is 29.7 Å². The third kappa shape index (κ3) is 6.18. The van der Waals surface area contributed by atoms with Crippen molar-refractivity contribution in [3.8, 4) is 0 Å². The van der Waals surface area contributed by atoms with Gasteiger partial charge < -0.3 is 15.2 Å². The minimum absolute atomic E-state index is 0.0459. The Morgan fingerprint density at radius 3 is 2.21 bits per heavy atom. The van der Waals surface area contributed by atoms with Crippen LogP contribution in [0.5, 0.6) is 0 Å². The van der Waals surface area contributed by atoms with Crippen LogP contribution in [0.2, 0.25) is 0 Å². The van der Waals surface area contributed by atoms with Gasteiger partial charge in [0.05, 0.1) is 27.6 Å². The number of rotatable bonds is 8. The highest BCUT2D eigenvalue weighted by atomic mass is 32.2. The van der Waals surface area contributed by atoms with Gasteiger partial charge in [0.2, 0.25) is 0 Å². The number of nitrogens with one attached hydrogen (secondary N) is 2. The van der Waals surface area contributed by atoms with Gasteiger partial charge in [-0.25, -0.2) is 13.4 Å². The Balaban J connectivity index is 1.99. The third-order valence-corrected chi connectivity index (χ3v) is 8.45. The molecule has 0 aliphatic rings. The lowest BCUT2D eigenvalue weighted by Crippen LogP contribution is -2.13. The molecule has 0 fully saturated rings. The van der Waals surface area contributed by atoms with Crippen molar-refractivity contribution in [3.05, 3.63) is 66.4 Å². The maximum atomic E-state index is 13.7. The maximum absolute atomic E-state index is 13.7. The molecule has 6 nitrogen and oxygen atoms in total. The molecule has 1 heterocycles. The number of pyridine rings is 1. The molecule has 11 heteroatoms. The zero-order chi connectivity index (χ0) is 25.1. The molecule has 0 unspecified atom stereocenters. The second kappa shape index (κ2) is 9.80. The summed E-state index contributed by atoms with van der Waals surface area (Å²) in [5.74, 6) is -0.00676. The van der Waals surface area contributed by atoms with Gasteiger partial charge in [0.1, 0.15) is 13.0 Å². The Morgan fingerprint density at radius 2 is 1.62 bits per heavy atom. The summed E-state index contributed by atoms with van der Waals surface area (Å²) >= 11 is 0. The fourth-order valence-electron chi connectivity index (χ4n) is 3.27. The van der Waals surface area contributed by atoms with E-state index in [0.29, 0.717) is 23.6 Å². The van der Waals surface area contributed by atoms with Crippen LogP contribution in [0.15, 0.2) is 65.7 Å². The van der Waals surface area contributed by atoms with Crippen LogP contribution in [-0.4, -0.2) is 32.5 Å². The van der Waals surface area contributed by atoms with Gasteiger partial charge in [0.25, 0.3) is 0 Å². The molecule has 182 valence electrons. The summed E-state index contributed by atoms with van der Waals surface area (Å²) in [5.41, 5.74) is -0.785. The van der Waals surface area contributed by atoms with Crippen LogP contribution < -0.4 is 15.9 Å². The number of hydrogen-bond acceptors (Lipinski definition) is 6. The first-order valence-electron chi connectivity index (χ1n) is 10.4. The first kappa shape index (κ1) is 25.8. The van der Waals surface area contributed by atoms with E-state index in [2.05, 4.69) is 15.6 Å². The molecule has 0 saturated heterocycles. The third-order valence-electron chi connectivity index (χ3n) is 4.94. The van der Waals surface area contributed by atoms with Gasteiger partial charge in [-0.15, -0.1) is 0 Å². The number of hydrogen-bond donors (Lipinski definition) is 2. The van der Waals surface area contributed by atoms with Gasteiger partial charge in [0.15, 0.2) is 9.84 Å². The molecule has 0 spiro atoms. The van der Waals surface area contributed by atoms with Crippen LogP contribution in [0, 0.1) is 0 Å². The van der Waals surface area contributed by atoms with Crippen LogP contribution in [0.3, 0.4) is 0 Å². The summed E-state index contributed by atoms with van der Waals surface area (Å²) in [7, 11) is -6.13. The summed E-state index contributed by atoms with van der Waals surface area (Å²) in [5, 5.41) is 6.25. The SMILES string of the molecule is CCCS(=O)(=O)c1ccccc1Nc1cc(Nc2ccc(P(C)(C)=O)cc2)ncc1C(F)(F)F. The number of aromatic nitrogens is 1. The van der Waals surface area contributed by atoms with E-state index in [9.17, 15) is 26.2 Å². The number of anilines is 4. The number of halogens is 3. The lowest BCUT2D eigenvalue weighted by molar-refractivity contribution is -0.137.